The van der Waals surface area contributed by atoms with Crippen LogP contribution in [0.15, 0.2) is 58.4 Å². The Morgan fingerprint density at radius 1 is 1.00 bits per heavy atom. The highest BCUT2D eigenvalue weighted by molar-refractivity contribution is 7.90. The lowest BCUT2D eigenvalue weighted by Gasteiger charge is -2.27. The van der Waals surface area contributed by atoms with Crippen LogP contribution in [0.25, 0.3) is 0 Å². The standard InChI is InChI=1S/C18H18N2O3S/c1-13-7-9-15(10-8-13)24(22,23)20-17(21)11-12-19-18(20)16-6-4-3-5-14(16)2/h3-10H,11-12H2,1-2H3. The number of benzene rings is 2. The molecule has 1 amide bonds. The van der Waals surface area contributed by atoms with Crippen molar-refractivity contribution in [3.63, 3.8) is 0 Å². The van der Waals surface area contributed by atoms with E-state index in [-0.39, 0.29) is 17.2 Å². The maximum atomic E-state index is 13.0. The first-order valence-electron chi connectivity index (χ1n) is 7.66. The van der Waals surface area contributed by atoms with Crippen LogP contribution in [0.3, 0.4) is 0 Å². The molecular formula is C18H18N2O3S. The third-order valence-corrected chi connectivity index (χ3v) is 5.68. The first-order chi connectivity index (χ1) is 11.4. The van der Waals surface area contributed by atoms with Gasteiger partial charge in [0.1, 0.15) is 0 Å². The molecule has 1 aliphatic heterocycles. The van der Waals surface area contributed by atoms with Crippen molar-refractivity contribution in [1.82, 2.24) is 4.31 Å². The van der Waals surface area contributed by atoms with Gasteiger partial charge in [-0.15, -0.1) is 0 Å². The van der Waals surface area contributed by atoms with E-state index in [0.717, 1.165) is 15.4 Å². The van der Waals surface area contributed by atoms with Gasteiger partial charge in [0.05, 0.1) is 11.4 Å². The first kappa shape index (κ1) is 16.4. The third kappa shape index (κ3) is 2.85. The molecule has 6 heteroatoms. The fourth-order valence-electron chi connectivity index (χ4n) is 2.62. The zero-order chi connectivity index (χ0) is 17.3. The minimum Gasteiger partial charge on any atom is -0.273 e. The minimum absolute atomic E-state index is 0.0838. The van der Waals surface area contributed by atoms with Crippen LogP contribution < -0.4 is 0 Å². The molecule has 0 aliphatic carbocycles. The van der Waals surface area contributed by atoms with Gasteiger partial charge in [0.2, 0.25) is 5.91 Å². The van der Waals surface area contributed by atoms with Gasteiger partial charge in [-0.05, 0) is 31.5 Å². The van der Waals surface area contributed by atoms with Gasteiger partial charge in [0.15, 0.2) is 5.84 Å². The Morgan fingerprint density at radius 3 is 2.33 bits per heavy atom. The maximum Gasteiger partial charge on any atom is 0.272 e. The molecule has 0 aromatic heterocycles. The lowest BCUT2D eigenvalue weighted by Crippen LogP contribution is -2.45. The van der Waals surface area contributed by atoms with Crippen molar-refractivity contribution in [3.8, 4) is 0 Å². The zero-order valence-electron chi connectivity index (χ0n) is 13.6. The Kier molecular flexibility index (Phi) is 4.24. The van der Waals surface area contributed by atoms with Gasteiger partial charge in [-0.2, -0.15) is 4.31 Å². The Labute approximate surface area is 141 Å². The molecule has 124 valence electrons. The highest BCUT2D eigenvalue weighted by atomic mass is 32.2. The molecule has 0 saturated heterocycles. The average Bonchev–Trinajstić information content (AvgIpc) is 2.55. The number of hydrogen-bond acceptors (Lipinski definition) is 4. The Balaban J connectivity index is 2.14. The number of aliphatic imine (C=N–C) groups is 1. The summed E-state index contributed by atoms with van der Waals surface area (Å²) in [5.41, 5.74) is 2.48. The summed E-state index contributed by atoms with van der Waals surface area (Å²) in [6.07, 6.45) is 0.0838. The summed E-state index contributed by atoms with van der Waals surface area (Å²) in [4.78, 5) is 16.9. The van der Waals surface area contributed by atoms with E-state index in [1.807, 2.05) is 26.0 Å². The molecule has 1 heterocycles. The number of hydrogen-bond donors (Lipinski definition) is 0. The van der Waals surface area contributed by atoms with Gasteiger partial charge >= 0.3 is 0 Å². The molecule has 0 N–H and O–H groups in total. The zero-order valence-corrected chi connectivity index (χ0v) is 14.4. The van der Waals surface area contributed by atoms with Crippen LogP contribution >= 0.6 is 0 Å². The Hall–Kier alpha value is -2.47. The summed E-state index contributed by atoms with van der Waals surface area (Å²) in [5.74, 6) is -0.256. The number of amides is 1. The van der Waals surface area contributed by atoms with E-state index < -0.39 is 15.9 Å². The van der Waals surface area contributed by atoms with Crippen molar-refractivity contribution in [2.45, 2.75) is 25.2 Å². The predicted octanol–water partition coefficient (Wildman–Crippen LogP) is 2.67. The second kappa shape index (κ2) is 6.20. The van der Waals surface area contributed by atoms with Crippen LogP contribution in [0.2, 0.25) is 0 Å². The number of aryl methyl sites for hydroxylation is 2. The van der Waals surface area contributed by atoms with Gasteiger partial charge in [0, 0.05) is 12.0 Å². The summed E-state index contributed by atoms with van der Waals surface area (Å²) in [7, 11) is -3.99. The van der Waals surface area contributed by atoms with Gasteiger partial charge in [-0.1, -0.05) is 42.0 Å². The lowest BCUT2D eigenvalue weighted by molar-refractivity contribution is -0.124. The van der Waals surface area contributed by atoms with E-state index in [9.17, 15) is 13.2 Å². The monoisotopic (exact) mass is 342 g/mol. The average molecular weight is 342 g/mol. The topological polar surface area (TPSA) is 66.8 Å². The second-order valence-corrected chi connectivity index (χ2v) is 7.53. The van der Waals surface area contributed by atoms with E-state index in [1.165, 1.54) is 12.1 Å². The van der Waals surface area contributed by atoms with Crippen molar-refractivity contribution in [3.05, 3.63) is 65.2 Å². The van der Waals surface area contributed by atoms with Crippen molar-refractivity contribution in [2.24, 2.45) is 4.99 Å². The van der Waals surface area contributed by atoms with Gasteiger partial charge in [-0.25, -0.2) is 8.42 Å². The van der Waals surface area contributed by atoms with Crippen molar-refractivity contribution < 1.29 is 13.2 Å². The van der Waals surface area contributed by atoms with Crippen molar-refractivity contribution in [1.29, 1.82) is 0 Å². The number of sulfonamides is 1. The molecule has 2 aromatic carbocycles. The molecule has 24 heavy (non-hydrogen) atoms. The summed E-state index contributed by atoms with van der Waals surface area (Å²) in [6.45, 7) is 4.04. The largest absolute Gasteiger partial charge is 0.273 e. The fourth-order valence-corrected chi connectivity index (χ4v) is 4.06. The molecule has 0 fully saturated rings. The molecular weight excluding hydrogens is 324 g/mol. The molecule has 2 aromatic rings. The van der Waals surface area contributed by atoms with Crippen LogP contribution in [0.4, 0.5) is 0 Å². The van der Waals surface area contributed by atoms with Crippen LogP contribution in [-0.4, -0.2) is 31.0 Å². The molecule has 0 bridgehead atoms. The Morgan fingerprint density at radius 2 is 1.67 bits per heavy atom. The van der Waals surface area contributed by atoms with Crippen LogP contribution in [0.5, 0.6) is 0 Å². The predicted molar refractivity (Wildman–Crippen MR) is 92.4 cm³/mol. The summed E-state index contributed by atoms with van der Waals surface area (Å²) >= 11 is 0. The van der Waals surface area contributed by atoms with E-state index in [1.54, 1.807) is 24.3 Å². The third-order valence-electron chi connectivity index (χ3n) is 3.95. The molecule has 0 saturated carbocycles. The molecule has 0 radical (unpaired) electrons. The summed E-state index contributed by atoms with van der Waals surface area (Å²) in [5, 5.41) is 0. The molecule has 0 spiro atoms. The fraction of sp³-hybridized carbons (Fsp3) is 0.222. The lowest BCUT2D eigenvalue weighted by atomic mass is 10.1. The second-order valence-electron chi connectivity index (χ2n) is 5.75. The highest BCUT2D eigenvalue weighted by Crippen LogP contribution is 2.24. The summed E-state index contributed by atoms with van der Waals surface area (Å²) in [6, 6.07) is 13.8. The molecule has 0 atom stereocenters. The molecule has 1 aliphatic rings. The van der Waals surface area contributed by atoms with Gasteiger partial charge in [0.25, 0.3) is 10.0 Å². The van der Waals surface area contributed by atoms with Gasteiger partial charge < -0.3 is 0 Å². The Bertz CT molecular complexity index is 916. The van der Waals surface area contributed by atoms with E-state index in [2.05, 4.69) is 4.99 Å². The smallest absolute Gasteiger partial charge is 0.272 e. The maximum absolute atomic E-state index is 13.0. The minimum atomic E-state index is -3.99. The van der Waals surface area contributed by atoms with Gasteiger partial charge in [-0.3, -0.25) is 9.79 Å². The number of nitrogens with zero attached hydrogens (tertiary/aromatic N) is 2. The van der Waals surface area contributed by atoms with Crippen LogP contribution in [0, 0.1) is 13.8 Å². The molecule has 5 nitrogen and oxygen atoms in total. The normalized spacial score (nSPS) is 15.3. The van der Waals surface area contributed by atoms with Crippen LogP contribution in [0.1, 0.15) is 23.1 Å². The number of amidine groups is 1. The van der Waals surface area contributed by atoms with E-state index in [0.29, 0.717) is 12.1 Å². The van der Waals surface area contributed by atoms with E-state index >= 15 is 0 Å². The molecule has 3 rings (SSSR count). The number of carbonyl (C=O) groups excluding carboxylic acids is 1. The SMILES string of the molecule is Cc1ccc(S(=O)(=O)N2C(=O)CCN=C2c2ccccc2C)cc1. The van der Waals surface area contributed by atoms with Crippen LogP contribution in [-0.2, 0) is 14.8 Å². The number of rotatable bonds is 3. The van der Waals surface area contributed by atoms with Crippen molar-refractivity contribution in [2.75, 3.05) is 6.54 Å². The number of carbonyl (C=O) groups is 1. The van der Waals surface area contributed by atoms with E-state index in [4.69, 9.17) is 0 Å². The quantitative estimate of drug-likeness (QED) is 0.861. The first-order valence-corrected chi connectivity index (χ1v) is 9.10. The summed E-state index contributed by atoms with van der Waals surface area (Å²) < 4.78 is 26.9. The molecule has 0 unspecified atom stereocenters. The highest BCUT2D eigenvalue weighted by Gasteiger charge is 2.36. The van der Waals surface area contributed by atoms with Crippen molar-refractivity contribution >= 4 is 21.8 Å².